The highest BCUT2D eigenvalue weighted by Gasteiger charge is 2.45. The first-order valence-corrected chi connectivity index (χ1v) is 9.15. The van der Waals surface area contributed by atoms with Gasteiger partial charge in [0.05, 0.1) is 28.4 Å². The van der Waals surface area contributed by atoms with Gasteiger partial charge in [0.25, 0.3) is 0 Å². The van der Waals surface area contributed by atoms with E-state index in [2.05, 4.69) is 26.2 Å². The minimum absolute atomic E-state index is 0.0803. The molecule has 23 heavy (non-hydrogen) atoms. The molecule has 0 bridgehead atoms. The predicted octanol–water partition coefficient (Wildman–Crippen LogP) is 2.44. The molecule has 0 aromatic heterocycles. The van der Waals surface area contributed by atoms with Gasteiger partial charge in [0, 0.05) is 23.0 Å². The zero-order valence-electron chi connectivity index (χ0n) is 11.9. The monoisotopic (exact) mass is 394 g/mol. The Balaban J connectivity index is 1.89. The molecule has 7 heteroatoms. The van der Waals surface area contributed by atoms with Gasteiger partial charge < -0.3 is 5.32 Å². The number of nitrogens with one attached hydrogen (secondary N) is 1. The van der Waals surface area contributed by atoms with E-state index in [0.29, 0.717) is 33.8 Å². The standard InChI is InChI=1S/C16H12BrFN2O2S/c17-8-3-7(1-2-9(8)18)13-14-11(5-23-6-12(14)21)20-10-4-19-16(22)15(10)13/h1-3,13-14H,4-6H2,(H,19,22). The molecule has 4 rings (SSSR count). The van der Waals surface area contributed by atoms with Crippen LogP contribution >= 0.6 is 27.7 Å². The zero-order valence-corrected chi connectivity index (χ0v) is 14.3. The fourth-order valence-corrected chi connectivity index (χ4v) is 4.75. The number of carbonyl (C=O) groups is 2. The molecular formula is C16H12BrFN2O2S. The highest BCUT2D eigenvalue weighted by Crippen LogP contribution is 2.44. The number of hydrogen-bond donors (Lipinski definition) is 1. The molecule has 118 valence electrons. The van der Waals surface area contributed by atoms with Crippen molar-refractivity contribution in [3.05, 3.63) is 45.3 Å². The van der Waals surface area contributed by atoms with Crippen molar-refractivity contribution in [1.82, 2.24) is 5.32 Å². The Labute approximate surface area is 144 Å². The first kappa shape index (κ1) is 15.1. The Bertz CT molecular complexity index is 805. The van der Waals surface area contributed by atoms with Crippen molar-refractivity contribution in [3.63, 3.8) is 0 Å². The maximum atomic E-state index is 13.6. The Hall–Kier alpha value is -1.47. The maximum Gasteiger partial charge on any atom is 0.250 e. The van der Waals surface area contributed by atoms with Crippen molar-refractivity contribution in [1.29, 1.82) is 0 Å². The van der Waals surface area contributed by atoms with Gasteiger partial charge in [-0.05, 0) is 33.6 Å². The van der Waals surface area contributed by atoms with Crippen LogP contribution in [0.3, 0.4) is 0 Å². The van der Waals surface area contributed by atoms with E-state index < -0.39 is 5.92 Å². The summed E-state index contributed by atoms with van der Waals surface area (Å²) in [5.74, 6) is -0.154. The first-order valence-electron chi connectivity index (χ1n) is 7.20. The number of benzene rings is 1. The summed E-state index contributed by atoms with van der Waals surface area (Å²) in [6, 6.07) is 4.67. The predicted molar refractivity (Wildman–Crippen MR) is 90.1 cm³/mol. The molecule has 3 aliphatic heterocycles. The van der Waals surface area contributed by atoms with Gasteiger partial charge in [-0.3, -0.25) is 14.6 Å². The summed E-state index contributed by atoms with van der Waals surface area (Å²) < 4.78 is 13.9. The first-order chi connectivity index (χ1) is 11.1. The summed E-state index contributed by atoms with van der Waals surface area (Å²) in [5.41, 5.74) is 2.85. The van der Waals surface area contributed by atoms with Crippen LogP contribution in [0.25, 0.3) is 0 Å². The van der Waals surface area contributed by atoms with Crippen molar-refractivity contribution in [3.8, 4) is 0 Å². The topological polar surface area (TPSA) is 58.5 Å². The number of aliphatic imine (C=N–C) groups is 1. The zero-order chi connectivity index (χ0) is 16.1. The number of rotatable bonds is 1. The van der Waals surface area contributed by atoms with E-state index in [9.17, 15) is 14.0 Å². The van der Waals surface area contributed by atoms with Gasteiger partial charge >= 0.3 is 0 Å². The second kappa shape index (κ2) is 5.56. The van der Waals surface area contributed by atoms with Gasteiger partial charge in [-0.2, -0.15) is 0 Å². The van der Waals surface area contributed by atoms with Gasteiger partial charge in [-0.25, -0.2) is 4.39 Å². The van der Waals surface area contributed by atoms with Crippen molar-refractivity contribution in [2.45, 2.75) is 5.92 Å². The average Bonchev–Trinajstić information content (AvgIpc) is 2.90. The van der Waals surface area contributed by atoms with E-state index in [-0.39, 0.29) is 23.4 Å². The summed E-state index contributed by atoms with van der Waals surface area (Å²) >= 11 is 4.74. The minimum Gasteiger partial charge on any atom is -0.347 e. The second-order valence-corrected chi connectivity index (χ2v) is 7.57. The van der Waals surface area contributed by atoms with Crippen LogP contribution in [0, 0.1) is 11.7 Å². The van der Waals surface area contributed by atoms with E-state index in [4.69, 9.17) is 0 Å². The molecule has 4 nitrogen and oxygen atoms in total. The van der Waals surface area contributed by atoms with Gasteiger partial charge in [0.2, 0.25) is 5.91 Å². The molecule has 3 heterocycles. The van der Waals surface area contributed by atoms with Crippen LogP contribution in [0.5, 0.6) is 0 Å². The lowest BCUT2D eigenvalue weighted by atomic mass is 9.74. The van der Waals surface area contributed by atoms with Crippen LogP contribution in [0.2, 0.25) is 0 Å². The molecule has 1 amide bonds. The van der Waals surface area contributed by atoms with Crippen LogP contribution in [0.15, 0.2) is 38.9 Å². The molecule has 1 fully saturated rings. The lowest BCUT2D eigenvalue weighted by molar-refractivity contribution is -0.119. The number of Topliss-reactive ketones (excluding diaryl/α,β-unsaturated/α-hetero) is 1. The number of amides is 1. The molecule has 0 radical (unpaired) electrons. The molecule has 2 unspecified atom stereocenters. The Kier molecular flexibility index (Phi) is 3.65. The lowest BCUT2D eigenvalue weighted by Gasteiger charge is -2.34. The number of carbonyl (C=O) groups excluding carboxylic acids is 2. The largest absolute Gasteiger partial charge is 0.347 e. The Morgan fingerprint density at radius 3 is 2.87 bits per heavy atom. The average molecular weight is 395 g/mol. The van der Waals surface area contributed by atoms with Crippen LogP contribution < -0.4 is 5.32 Å². The molecule has 0 aliphatic carbocycles. The van der Waals surface area contributed by atoms with Crippen molar-refractivity contribution >= 4 is 45.1 Å². The number of thioether (sulfide) groups is 1. The number of ketones is 1. The van der Waals surface area contributed by atoms with Gasteiger partial charge in [0.15, 0.2) is 5.78 Å². The summed E-state index contributed by atoms with van der Waals surface area (Å²) in [7, 11) is 0. The van der Waals surface area contributed by atoms with E-state index in [1.54, 1.807) is 23.9 Å². The highest BCUT2D eigenvalue weighted by atomic mass is 79.9. The molecule has 0 saturated carbocycles. The van der Waals surface area contributed by atoms with Crippen molar-refractivity contribution < 1.29 is 14.0 Å². The van der Waals surface area contributed by atoms with Crippen molar-refractivity contribution in [2.75, 3.05) is 18.1 Å². The third-order valence-corrected chi connectivity index (χ3v) is 5.99. The van der Waals surface area contributed by atoms with Crippen molar-refractivity contribution in [2.24, 2.45) is 10.9 Å². The highest BCUT2D eigenvalue weighted by molar-refractivity contribution is 9.10. The lowest BCUT2D eigenvalue weighted by Crippen LogP contribution is -2.40. The fraction of sp³-hybridized carbons (Fsp3) is 0.312. The number of hydrogen-bond acceptors (Lipinski definition) is 4. The maximum absolute atomic E-state index is 13.6. The van der Waals surface area contributed by atoms with Gasteiger partial charge in [0.1, 0.15) is 5.82 Å². The minimum atomic E-state index is -0.420. The van der Waals surface area contributed by atoms with Gasteiger partial charge in [-0.15, -0.1) is 11.8 Å². The van der Waals surface area contributed by atoms with Gasteiger partial charge in [-0.1, -0.05) is 6.07 Å². The third-order valence-electron chi connectivity index (χ3n) is 4.40. The van der Waals surface area contributed by atoms with E-state index in [0.717, 1.165) is 11.3 Å². The van der Waals surface area contributed by atoms with E-state index >= 15 is 0 Å². The van der Waals surface area contributed by atoms with E-state index in [1.165, 1.54) is 6.07 Å². The number of fused-ring (bicyclic) bond motifs is 1. The van der Waals surface area contributed by atoms with Crippen LogP contribution in [0.1, 0.15) is 11.5 Å². The molecule has 3 aliphatic rings. The Morgan fingerprint density at radius 1 is 1.26 bits per heavy atom. The quantitative estimate of drug-likeness (QED) is 0.795. The van der Waals surface area contributed by atoms with Crippen LogP contribution in [-0.2, 0) is 9.59 Å². The van der Waals surface area contributed by atoms with E-state index in [1.807, 2.05) is 0 Å². The van der Waals surface area contributed by atoms with Crippen LogP contribution in [-0.4, -0.2) is 35.5 Å². The molecule has 1 N–H and O–H groups in total. The SMILES string of the molecule is O=C1NCC2=C1C(c1ccc(F)c(Br)c1)C1C(=O)CSCC1=N2. The number of halogens is 2. The third kappa shape index (κ3) is 2.37. The molecule has 1 saturated heterocycles. The normalized spacial score (nSPS) is 26.6. The summed E-state index contributed by atoms with van der Waals surface area (Å²) in [6.45, 7) is 0.391. The second-order valence-electron chi connectivity index (χ2n) is 5.73. The summed E-state index contributed by atoms with van der Waals surface area (Å²) in [4.78, 5) is 29.4. The smallest absolute Gasteiger partial charge is 0.250 e. The fourth-order valence-electron chi connectivity index (χ4n) is 3.41. The molecule has 0 spiro atoms. The van der Waals surface area contributed by atoms with Crippen LogP contribution in [0.4, 0.5) is 4.39 Å². The molecule has 1 aromatic rings. The molecular weight excluding hydrogens is 383 g/mol. The Morgan fingerprint density at radius 2 is 2.09 bits per heavy atom. The summed E-state index contributed by atoms with van der Waals surface area (Å²) in [5, 5.41) is 2.79. The summed E-state index contributed by atoms with van der Waals surface area (Å²) in [6.07, 6.45) is 0. The number of nitrogens with zero attached hydrogens (tertiary/aromatic N) is 1. The molecule has 2 atom stereocenters. The molecule has 1 aromatic carbocycles.